The highest BCUT2D eigenvalue weighted by molar-refractivity contribution is 5.92. The first-order valence-corrected chi connectivity index (χ1v) is 8.92. The minimum Gasteiger partial charge on any atom is -0.379 e. The molecule has 0 aromatic heterocycles. The van der Waals surface area contributed by atoms with Gasteiger partial charge in [0.15, 0.2) is 0 Å². The topological polar surface area (TPSA) is 53.1 Å². The van der Waals surface area contributed by atoms with Gasteiger partial charge >= 0.3 is 0 Å². The lowest BCUT2D eigenvalue weighted by Gasteiger charge is -2.36. The van der Waals surface area contributed by atoms with E-state index in [-0.39, 0.29) is 17.6 Å². The molecule has 2 fully saturated rings. The van der Waals surface area contributed by atoms with Crippen LogP contribution in [-0.4, -0.2) is 85.5 Å². The Morgan fingerprint density at radius 2 is 1.73 bits per heavy atom. The summed E-state index contributed by atoms with van der Waals surface area (Å²) in [5.41, 5.74) is 0.651. The van der Waals surface area contributed by atoms with Crippen LogP contribution in [0, 0.1) is 5.82 Å². The van der Waals surface area contributed by atoms with Gasteiger partial charge in [0.25, 0.3) is 0 Å². The first-order valence-electron chi connectivity index (χ1n) is 8.92. The Balaban J connectivity index is 1.45. The molecule has 2 heterocycles. The van der Waals surface area contributed by atoms with E-state index in [1.165, 1.54) is 18.2 Å². The van der Waals surface area contributed by atoms with Gasteiger partial charge in [0.1, 0.15) is 5.82 Å². The van der Waals surface area contributed by atoms with E-state index < -0.39 is 0 Å². The summed E-state index contributed by atoms with van der Waals surface area (Å²) in [6.45, 7) is 5.45. The normalized spacial score (nSPS) is 19.1. The minimum atomic E-state index is -0.327. The van der Waals surface area contributed by atoms with E-state index in [0.29, 0.717) is 51.5 Å². The zero-order valence-electron chi connectivity index (χ0n) is 14.8. The van der Waals surface area contributed by atoms with Crippen molar-refractivity contribution in [3.05, 3.63) is 41.7 Å². The molecule has 0 unspecified atom stereocenters. The fourth-order valence-corrected chi connectivity index (χ4v) is 3.11. The second kappa shape index (κ2) is 8.91. The highest BCUT2D eigenvalue weighted by atomic mass is 19.1. The number of morpholine rings is 1. The summed E-state index contributed by atoms with van der Waals surface area (Å²) in [5.74, 6) is -0.337. The number of hydrogen-bond donors (Lipinski definition) is 0. The summed E-state index contributed by atoms with van der Waals surface area (Å²) in [6.07, 6.45) is 3.07. The maximum atomic E-state index is 13.2. The Morgan fingerprint density at radius 1 is 1.04 bits per heavy atom. The molecule has 2 aliphatic rings. The smallest absolute Gasteiger partial charge is 0.246 e. The summed E-state index contributed by atoms with van der Waals surface area (Å²) < 4.78 is 18.4. The number of piperazine rings is 1. The summed E-state index contributed by atoms with van der Waals surface area (Å²) in [7, 11) is 0. The largest absolute Gasteiger partial charge is 0.379 e. The molecule has 0 bridgehead atoms. The van der Waals surface area contributed by atoms with Crippen LogP contribution in [0.5, 0.6) is 0 Å². The van der Waals surface area contributed by atoms with E-state index in [4.69, 9.17) is 4.74 Å². The van der Waals surface area contributed by atoms with Crippen molar-refractivity contribution in [1.29, 1.82) is 0 Å². The highest BCUT2D eigenvalue weighted by Crippen LogP contribution is 2.08. The number of carbonyl (C=O) groups is 2. The molecule has 6 nitrogen and oxygen atoms in total. The Hall–Kier alpha value is -2.25. The zero-order chi connectivity index (χ0) is 18.4. The van der Waals surface area contributed by atoms with Gasteiger partial charge in [0.05, 0.1) is 19.8 Å². The third-order valence-electron chi connectivity index (χ3n) is 4.67. The third kappa shape index (κ3) is 5.12. The van der Waals surface area contributed by atoms with Crippen molar-refractivity contribution in [2.24, 2.45) is 0 Å². The van der Waals surface area contributed by atoms with E-state index >= 15 is 0 Å². The van der Waals surface area contributed by atoms with Crippen LogP contribution >= 0.6 is 0 Å². The molecule has 26 heavy (non-hydrogen) atoms. The lowest BCUT2D eigenvalue weighted by Crippen LogP contribution is -2.53. The number of halogens is 1. The number of amides is 2. The third-order valence-corrected chi connectivity index (χ3v) is 4.67. The van der Waals surface area contributed by atoms with Gasteiger partial charge in [-0.15, -0.1) is 0 Å². The first kappa shape index (κ1) is 18.5. The Bertz CT molecular complexity index is 666. The zero-order valence-corrected chi connectivity index (χ0v) is 14.8. The SMILES string of the molecule is O=C(/C=C/c1cccc(F)c1)N1CCN(C(=O)CN2CCOCC2)CC1. The van der Waals surface area contributed by atoms with Crippen LogP contribution in [0.2, 0.25) is 0 Å². The predicted octanol–water partition coefficient (Wildman–Crippen LogP) is 0.842. The summed E-state index contributed by atoms with van der Waals surface area (Å²) >= 11 is 0. The minimum absolute atomic E-state index is 0.106. The highest BCUT2D eigenvalue weighted by Gasteiger charge is 2.24. The lowest BCUT2D eigenvalue weighted by molar-refractivity contribution is -0.138. The Kier molecular flexibility index (Phi) is 6.35. The molecule has 2 amide bonds. The molecule has 1 aromatic rings. The molecule has 7 heteroatoms. The second-order valence-electron chi connectivity index (χ2n) is 6.48. The molecule has 2 aliphatic heterocycles. The van der Waals surface area contributed by atoms with Crippen molar-refractivity contribution in [3.63, 3.8) is 0 Å². The lowest BCUT2D eigenvalue weighted by atomic mass is 10.2. The van der Waals surface area contributed by atoms with Gasteiger partial charge in [-0.25, -0.2) is 4.39 Å². The first-order chi connectivity index (χ1) is 12.6. The predicted molar refractivity (Wildman–Crippen MR) is 95.9 cm³/mol. The molecule has 0 N–H and O–H groups in total. The molecular weight excluding hydrogens is 337 g/mol. The molecule has 0 aliphatic carbocycles. The van der Waals surface area contributed by atoms with Gasteiger partial charge in [-0.3, -0.25) is 14.5 Å². The van der Waals surface area contributed by atoms with Crippen LogP contribution in [0.3, 0.4) is 0 Å². The van der Waals surface area contributed by atoms with Crippen LogP contribution in [0.15, 0.2) is 30.3 Å². The van der Waals surface area contributed by atoms with Crippen LogP contribution in [0.25, 0.3) is 6.08 Å². The molecule has 0 spiro atoms. The van der Waals surface area contributed by atoms with E-state index in [2.05, 4.69) is 4.90 Å². The van der Waals surface area contributed by atoms with Crippen LogP contribution in [-0.2, 0) is 14.3 Å². The quantitative estimate of drug-likeness (QED) is 0.746. The standard InChI is InChI=1S/C19H24FN3O3/c20-17-3-1-2-16(14-17)4-5-18(24)22-6-8-23(9-7-22)19(25)15-21-10-12-26-13-11-21/h1-5,14H,6-13,15H2/b5-4+. The average molecular weight is 361 g/mol. The number of rotatable bonds is 4. The molecule has 2 saturated heterocycles. The van der Waals surface area contributed by atoms with Crippen LogP contribution in [0.1, 0.15) is 5.56 Å². The van der Waals surface area contributed by atoms with Crippen LogP contribution < -0.4 is 0 Å². The van der Waals surface area contributed by atoms with Crippen molar-refractivity contribution in [3.8, 4) is 0 Å². The van der Waals surface area contributed by atoms with Gasteiger partial charge in [-0.05, 0) is 23.8 Å². The van der Waals surface area contributed by atoms with Crippen molar-refractivity contribution >= 4 is 17.9 Å². The van der Waals surface area contributed by atoms with Gasteiger partial charge in [-0.2, -0.15) is 0 Å². The molecule has 0 saturated carbocycles. The summed E-state index contributed by atoms with van der Waals surface area (Å²) in [6, 6.07) is 6.10. The number of nitrogens with zero attached hydrogens (tertiary/aromatic N) is 3. The Labute approximate surface area is 152 Å². The van der Waals surface area contributed by atoms with Gasteiger partial charge in [0, 0.05) is 45.3 Å². The fourth-order valence-electron chi connectivity index (χ4n) is 3.11. The molecule has 3 rings (SSSR count). The molecule has 140 valence electrons. The summed E-state index contributed by atoms with van der Waals surface area (Å²) in [4.78, 5) is 30.3. The molecule has 0 atom stereocenters. The maximum Gasteiger partial charge on any atom is 0.246 e. The van der Waals surface area contributed by atoms with Crippen molar-refractivity contribution in [2.75, 3.05) is 59.0 Å². The van der Waals surface area contributed by atoms with Gasteiger partial charge in [-0.1, -0.05) is 12.1 Å². The van der Waals surface area contributed by atoms with Crippen molar-refractivity contribution in [1.82, 2.24) is 14.7 Å². The molecule has 1 aromatic carbocycles. The number of hydrogen-bond acceptors (Lipinski definition) is 4. The van der Waals surface area contributed by atoms with E-state index in [9.17, 15) is 14.0 Å². The average Bonchev–Trinajstić information content (AvgIpc) is 2.67. The van der Waals surface area contributed by atoms with Crippen LogP contribution in [0.4, 0.5) is 4.39 Å². The molecule has 0 radical (unpaired) electrons. The van der Waals surface area contributed by atoms with Crippen molar-refractivity contribution in [2.45, 2.75) is 0 Å². The number of carbonyl (C=O) groups excluding carboxylic acids is 2. The van der Waals surface area contributed by atoms with E-state index in [1.807, 2.05) is 4.90 Å². The monoisotopic (exact) mass is 361 g/mol. The Morgan fingerprint density at radius 3 is 2.42 bits per heavy atom. The molecular formula is C19H24FN3O3. The van der Waals surface area contributed by atoms with Gasteiger partial charge in [0.2, 0.25) is 11.8 Å². The van der Waals surface area contributed by atoms with E-state index in [1.54, 1.807) is 23.1 Å². The number of benzene rings is 1. The fraction of sp³-hybridized carbons (Fsp3) is 0.474. The van der Waals surface area contributed by atoms with Gasteiger partial charge < -0.3 is 14.5 Å². The maximum absolute atomic E-state index is 13.2. The van der Waals surface area contributed by atoms with Crippen molar-refractivity contribution < 1.29 is 18.7 Å². The van der Waals surface area contributed by atoms with E-state index in [0.717, 1.165) is 13.1 Å². The summed E-state index contributed by atoms with van der Waals surface area (Å²) in [5, 5.41) is 0. The number of ether oxygens (including phenoxy) is 1. The second-order valence-corrected chi connectivity index (χ2v) is 6.48.